The number of halogens is 1. The molecule has 1 aromatic heterocycles. The summed E-state index contributed by atoms with van der Waals surface area (Å²) in [7, 11) is -3.36. The highest BCUT2D eigenvalue weighted by Gasteiger charge is 2.25. The summed E-state index contributed by atoms with van der Waals surface area (Å²) in [6.07, 6.45) is 6.19. The first-order chi connectivity index (χ1) is 9.04. The van der Waals surface area contributed by atoms with E-state index in [4.69, 9.17) is 11.6 Å². The normalized spacial score (nSPS) is 17.6. The molecule has 0 fully saturated rings. The molecule has 106 valence electrons. The van der Waals surface area contributed by atoms with Crippen molar-refractivity contribution >= 4 is 21.4 Å². The van der Waals surface area contributed by atoms with E-state index in [-0.39, 0.29) is 16.7 Å². The predicted octanol–water partition coefficient (Wildman–Crippen LogP) is 2.39. The fraction of sp³-hybridized carbons (Fsp3) is 0.692. The second-order valence-electron chi connectivity index (χ2n) is 5.21. The van der Waals surface area contributed by atoms with E-state index < -0.39 is 9.84 Å². The van der Waals surface area contributed by atoms with Gasteiger partial charge in [0.1, 0.15) is 6.33 Å². The van der Waals surface area contributed by atoms with Gasteiger partial charge in [0.25, 0.3) is 0 Å². The standard InChI is InChI=1S/C13H19ClN2O2S/c1-10(7-14)8-19(17,18)13-11-5-3-2-4-6-12(11)15-9-16-13/h9-10H,2-8H2,1H3. The smallest absolute Gasteiger partial charge is 0.196 e. The number of hydrogen-bond acceptors (Lipinski definition) is 4. The highest BCUT2D eigenvalue weighted by molar-refractivity contribution is 7.91. The van der Waals surface area contributed by atoms with E-state index in [9.17, 15) is 8.42 Å². The Balaban J connectivity index is 2.39. The second kappa shape index (κ2) is 6.18. The number of alkyl halides is 1. The highest BCUT2D eigenvalue weighted by atomic mass is 35.5. The van der Waals surface area contributed by atoms with Crippen LogP contribution in [0, 0.1) is 5.92 Å². The predicted molar refractivity (Wildman–Crippen MR) is 75.2 cm³/mol. The number of rotatable bonds is 4. The molecule has 19 heavy (non-hydrogen) atoms. The van der Waals surface area contributed by atoms with Crippen LogP contribution in [-0.4, -0.2) is 30.0 Å². The first-order valence-corrected chi connectivity index (χ1v) is 8.84. The van der Waals surface area contributed by atoms with Gasteiger partial charge in [0.05, 0.1) is 5.75 Å². The molecule has 0 amide bonds. The van der Waals surface area contributed by atoms with Gasteiger partial charge in [0.15, 0.2) is 14.9 Å². The molecule has 1 unspecified atom stereocenters. The van der Waals surface area contributed by atoms with E-state index in [0.717, 1.165) is 43.4 Å². The lowest BCUT2D eigenvalue weighted by molar-refractivity contribution is 0.576. The van der Waals surface area contributed by atoms with Gasteiger partial charge in [-0.15, -0.1) is 11.6 Å². The molecule has 4 nitrogen and oxygen atoms in total. The molecule has 1 atom stereocenters. The van der Waals surface area contributed by atoms with Gasteiger partial charge in [0, 0.05) is 17.1 Å². The summed E-state index contributed by atoms with van der Waals surface area (Å²) in [4.78, 5) is 8.30. The molecule has 0 bridgehead atoms. The van der Waals surface area contributed by atoms with Crippen LogP contribution in [-0.2, 0) is 22.7 Å². The highest BCUT2D eigenvalue weighted by Crippen LogP contribution is 2.25. The molecule has 0 aliphatic heterocycles. The van der Waals surface area contributed by atoms with E-state index in [1.165, 1.54) is 6.33 Å². The number of fused-ring (bicyclic) bond motifs is 1. The van der Waals surface area contributed by atoms with Gasteiger partial charge < -0.3 is 0 Å². The number of hydrogen-bond donors (Lipinski definition) is 0. The van der Waals surface area contributed by atoms with Crippen molar-refractivity contribution in [3.63, 3.8) is 0 Å². The van der Waals surface area contributed by atoms with E-state index in [1.807, 2.05) is 6.92 Å². The van der Waals surface area contributed by atoms with Crippen LogP contribution in [0.25, 0.3) is 0 Å². The Hall–Kier alpha value is -0.680. The Bertz CT molecular complexity index is 546. The summed E-state index contributed by atoms with van der Waals surface area (Å²) in [5.74, 6) is 0.329. The van der Waals surface area contributed by atoms with Crippen molar-refractivity contribution in [1.29, 1.82) is 0 Å². The third kappa shape index (κ3) is 3.45. The van der Waals surface area contributed by atoms with E-state index >= 15 is 0 Å². The molecule has 0 aromatic carbocycles. The first kappa shape index (κ1) is 14.7. The van der Waals surface area contributed by atoms with Gasteiger partial charge in [0.2, 0.25) is 0 Å². The number of aromatic nitrogens is 2. The lowest BCUT2D eigenvalue weighted by atomic mass is 10.1. The largest absolute Gasteiger partial charge is 0.241 e. The summed E-state index contributed by atoms with van der Waals surface area (Å²) in [6.45, 7) is 1.84. The average Bonchev–Trinajstić information content (AvgIpc) is 2.62. The lowest BCUT2D eigenvalue weighted by Crippen LogP contribution is -2.19. The molecule has 1 aromatic rings. The Labute approximate surface area is 119 Å². The topological polar surface area (TPSA) is 59.9 Å². The van der Waals surface area contributed by atoms with Crippen molar-refractivity contribution in [2.24, 2.45) is 5.92 Å². The fourth-order valence-electron chi connectivity index (χ4n) is 2.43. The van der Waals surface area contributed by atoms with Crippen LogP contribution in [0.4, 0.5) is 0 Å². The van der Waals surface area contributed by atoms with E-state index in [0.29, 0.717) is 5.88 Å². The molecule has 6 heteroatoms. The van der Waals surface area contributed by atoms with Gasteiger partial charge in [-0.05, 0) is 31.6 Å². The molecule has 1 aliphatic carbocycles. The van der Waals surface area contributed by atoms with Crippen LogP contribution in [0.5, 0.6) is 0 Å². The molecule has 0 saturated carbocycles. The van der Waals surface area contributed by atoms with E-state index in [1.54, 1.807) is 0 Å². The maximum absolute atomic E-state index is 12.4. The minimum atomic E-state index is -3.36. The zero-order chi connectivity index (χ0) is 13.9. The van der Waals surface area contributed by atoms with Gasteiger partial charge in [-0.25, -0.2) is 18.4 Å². The molecule has 0 saturated heterocycles. The van der Waals surface area contributed by atoms with E-state index in [2.05, 4.69) is 9.97 Å². The molecule has 1 heterocycles. The van der Waals surface area contributed by atoms with Crippen molar-refractivity contribution in [1.82, 2.24) is 9.97 Å². The Morgan fingerprint density at radius 1 is 1.26 bits per heavy atom. The minimum absolute atomic E-state index is 0.0555. The number of sulfone groups is 1. The van der Waals surface area contributed by atoms with Gasteiger partial charge in [-0.2, -0.15) is 0 Å². The molecular weight excluding hydrogens is 284 g/mol. The molecule has 0 radical (unpaired) electrons. The van der Waals surface area contributed by atoms with Gasteiger partial charge in [-0.3, -0.25) is 0 Å². The van der Waals surface area contributed by atoms with Crippen LogP contribution in [0.15, 0.2) is 11.4 Å². The van der Waals surface area contributed by atoms with Crippen LogP contribution >= 0.6 is 11.6 Å². The van der Waals surface area contributed by atoms with Crippen LogP contribution < -0.4 is 0 Å². The third-order valence-electron chi connectivity index (χ3n) is 3.40. The molecule has 2 rings (SSSR count). The monoisotopic (exact) mass is 302 g/mol. The second-order valence-corrected chi connectivity index (χ2v) is 7.46. The minimum Gasteiger partial charge on any atom is -0.241 e. The Kier molecular flexibility index (Phi) is 4.79. The summed E-state index contributed by atoms with van der Waals surface area (Å²) in [6, 6.07) is 0. The SMILES string of the molecule is CC(CCl)CS(=O)(=O)c1ncnc2c1CCCCC2. The zero-order valence-corrected chi connectivity index (χ0v) is 12.7. The molecule has 0 spiro atoms. The Morgan fingerprint density at radius 2 is 2.00 bits per heavy atom. The quantitative estimate of drug-likeness (QED) is 0.487. The lowest BCUT2D eigenvalue weighted by Gasteiger charge is -2.13. The van der Waals surface area contributed by atoms with Crippen molar-refractivity contribution in [3.8, 4) is 0 Å². The van der Waals surface area contributed by atoms with Crippen molar-refractivity contribution in [2.75, 3.05) is 11.6 Å². The summed E-state index contributed by atoms with van der Waals surface area (Å²) < 4.78 is 24.9. The van der Waals surface area contributed by atoms with Crippen LogP contribution in [0.3, 0.4) is 0 Å². The summed E-state index contributed by atoms with van der Waals surface area (Å²) in [5.41, 5.74) is 1.74. The van der Waals surface area contributed by atoms with Crippen molar-refractivity contribution in [2.45, 2.75) is 44.1 Å². The first-order valence-electron chi connectivity index (χ1n) is 6.66. The van der Waals surface area contributed by atoms with Crippen molar-refractivity contribution < 1.29 is 8.42 Å². The number of nitrogens with zero attached hydrogens (tertiary/aromatic N) is 2. The fourth-order valence-corrected chi connectivity index (χ4v) is 4.50. The van der Waals surface area contributed by atoms with Crippen LogP contribution in [0.1, 0.15) is 37.4 Å². The zero-order valence-electron chi connectivity index (χ0n) is 11.1. The average molecular weight is 303 g/mol. The summed E-state index contributed by atoms with van der Waals surface area (Å²) in [5, 5.41) is 0.233. The molecular formula is C13H19ClN2O2S. The van der Waals surface area contributed by atoms with Gasteiger partial charge >= 0.3 is 0 Å². The maximum Gasteiger partial charge on any atom is 0.196 e. The van der Waals surface area contributed by atoms with Crippen molar-refractivity contribution in [3.05, 3.63) is 17.6 Å². The molecule has 0 N–H and O–H groups in total. The molecule has 1 aliphatic rings. The maximum atomic E-state index is 12.4. The Morgan fingerprint density at radius 3 is 2.74 bits per heavy atom. The third-order valence-corrected chi connectivity index (χ3v) is 5.87. The number of aryl methyl sites for hydroxylation is 1. The summed E-state index contributed by atoms with van der Waals surface area (Å²) >= 11 is 5.72. The van der Waals surface area contributed by atoms with Crippen LogP contribution in [0.2, 0.25) is 0 Å². The van der Waals surface area contributed by atoms with Gasteiger partial charge in [-0.1, -0.05) is 13.3 Å².